The molecule has 1 aliphatic carbocycles. The normalized spacial score (nSPS) is 36.9. The summed E-state index contributed by atoms with van der Waals surface area (Å²) < 4.78 is 9.85. The predicted molar refractivity (Wildman–Crippen MR) is 61.1 cm³/mol. The fourth-order valence-electron chi connectivity index (χ4n) is 3.41. The van der Waals surface area contributed by atoms with Gasteiger partial charge in [-0.2, -0.15) is 0 Å². The number of hydrogen-bond donors (Lipinski definition) is 0. The van der Waals surface area contributed by atoms with E-state index in [1.807, 2.05) is 0 Å². The highest BCUT2D eigenvalue weighted by atomic mass is 16.5. The fourth-order valence-corrected chi connectivity index (χ4v) is 3.41. The smallest absolute Gasteiger partial charge is 0.306 e. The van der Waals surface area contributed by atoms with Gasteiger partial charge in [-0.3, -0.25) is 9.59 Å². The molecule has 1 heterocycles. The van der Waals surface area contributed by atoms with E-state index >= 15 is 0 Å². The molecule has 0 aromatic heterocycles. The van der Waals surface area contributed by atoms with Crippen LogP contribution in [0.25, 0.3) is 0 Å². The lowest BCUT2D eigenvalue weighted by Crippen LogP contribution is -2.31. The average molecular weight is 240 g/mol. The molecule has 2 fully saturated rings. The van der Waals surface area contributed by atoms with Crippen LogP contribution >= 0.6 is 0 Å². The van der Waals surface area contributed by atoms with Gasteiger partial charge < -0.3 is 9.47 Å². The van der Waals surface area contributed by atoms with Crippen LogP contribution in [0.5, 0.6) is 0 Å². The van der Waals surface area contributed by atoms with Crippen molar-refractivity contribution in [1.82, 2.24) is 0 Å². The Morgan fingerprint density at radius 3 is 2.88 bits per heavy atom. The molecule has 0 spiro atoms. The van der Waals surface area contributed by atoms with Crippen LogP contribution in [0.1, 0.15) is 39.0 Å². The quantitative estimate of drug-likeness (QED) is 0.707. The minimum atomic E-state index is -0.143. The zero-order valence-electron chi connectivity index (χ0n) is 10.5. The average Bonchev–Trinajstić information content (AvgIpc) is 2.86. The number of cyclic esters (lactones) is 1. The number of ether oxygens (including phenoxy) is 2. The van der Waals surface area contributed by atoms with E-state index < -0.39 is 0 Å². The van der Waals surface area contributed by atoms with Gasteiger partial charge in [-0.25, -0.2) is 0 Å². The summed E-state index contributed by atoms with van der Waals surface area (Å²) in [4.78, 5) is 22.7. The summed E-state index contributed by atoms with van der Waals surface area (Å²) in [5.41, 5.74) is -0.0771. The van der Waals surface area contributed by atoms with E-state index in [2.05, 4.69) is 6.92 Å². The van der Waals surface area contributed by atoms with Gasteiger partial charge in [0.05, 0.1) is 20.1 Å². The van der Waals surface area contributed by atoms with Crippen molar-refractivity contribution in [2.75, 3.05) is 13.7 Å². The molecule has 0 aromatic carbocycles. The summed E-state index contributed by atoms with van der Waals surface area (Å²) in [6.45, 7) is 2.62. The van der Waals surface area contributed by atoms with Crippen molar-refractivity contribution >= 4 is 11.9 Å². The molecule has 3 unspecified atom stereocenters. The van der Waals surface area contributed by atoms with Gasteiger partial charge in [0.2, 0.25) is 0 Å². The zero-order chi connectivity index (χ0) is 12.5. The minimum absolute atomic E-state index is 0.0771. The van der Waals surface area contributed by atoms with E-state index in [0.29, 0.717) is 31.3 Å². The molecule has 0 N–H and O–H groups in total. The molecule has 2 aliphatic rings. The topological polar surface area (TPSA) is 52.6 Å². The molecule has 4 heteroatoms. The largest absolute Gasteiger partial charge is 0.469 e. The summed E-state index contributed by atoms with van der Waals surface area (Å²) in [7, 11) is 1.43. The minimum Gasteiger partial charge on any atom is -0.469 e. The van der Waals surface area contributed by atoms with Crippen molar-refractivity contribution < 1.29 is 19.1 Å². The second-order valence-electron chi connectivity index (χ2n) is 5.57. The molecular weight excluding hydrogens is 220 g/mol. The van der Waals surface area contributed by atoms with Gasteiger partial charge in [0.25, 0.3) is 0 Å². The molecule has 96 valence electrons. The monoisotopic (exact) mass is 240 g/mol. The summed E-state index contributed by atoms with van der Waals surface area (Å²) in [6, 6.07) is 0. The van der Waals surface area contributed by atoms with Crippen LogP contribution in [-0.2, 0) is 19.1 Å². The van der Waals surface area contributed by atoms with E-state index in [-0.39, 0.29) is 17.4 Å². The molecule has 1 saturated heterocycles. The molecule has 2 rings (SSSR count). The first-order chi connectivity index (χ1) is 8.05. The van der Waals surface area contributed by atoms with Gasteiger partial charge in [0, 0.05) is 11.8 Å². The maximum Gasteiger partial charge on any atom is 0.306 e. The van der Waals surface area contributed by atoms with Gasteiger partial charge in [-0.1, -0.05) is 13.3 Å². The Morgan fingerprint density at radius 2 is 2.29 bits per heavy atom. The summed E-state index contributed by atoms with van der Waals surface area (Å²) in [5, 5.41) is 0. The molecule has 3 atom stereocenters. The predicted octanol–water partition coefficient (Wildman–Crippen LogP) is 1.92. The number of rotatable bonds is 3. The second kappa shape index (κ2) is 4.67. The van der Waals surface area contributed by atoms with Crippen molar-refractivity contribution in [3.63, 3.8) is 0 Å². The first-order valence-corrected chi connectivity index (χ1v) is 6.27. The number of hydrogen-bond acceptors (Lipinski definition) is 4. The summed E-state index contributed by atoms with van der Waals surface area (Å²) >= 11 is 0. The molecule has 0 radical (unpaired) electrons. The molecule has 1 aliphatic heterocycles. The maximum absolute atomic E-state index is 11.4. The first-order valence-electron chi connectivity index (χ1n) is 6.27. The first kappa shape index (κ1) is 12.4. The second-order valence-corrected chi connectivity index (χ2v) is 5.57. The highest BCUT2D eigenvalue weighted by Crippen LogP contribution is 2.49. The van der Waals surface area contributed by atoms with E-state index in [9.17, 15) is 9.59 Å². The van der Waals surface area contributed by atoms with Crippen molar-refractivity contribution in [1.29, 1.82) is 0 Å². The van der Waals surface area contributed by atoms with Crippen molar-refractivity contribution in [3.8, 4) is 0 Å². The number of carbonyl (C=O) groups is 2. The standard InChI is InChI=1S/C13H20O4/c1-13(7-12(15)17-8-13)10-5-3-4-9(10)6-11(14)16-2/h9-10H,3-8H2,1-2H3. The Bertz CT molecular complexity index is 325. The molecule has 0 amide bonds. The van der Waals surface area contributed by atoms with E-state index in [1.165, 1.54) is 7.11 Å². The Morgan fingerprint density at radius 1 is 1.53 bits per heavy atom. The third-order valence-corrected chi connectivity index (χ3v) is 4.32. The van der Waals surface area contributed by atoms with Gasteiger partial charge in [0.15, 0.2) is 0 Å². The summed E-state index contributed by atoms with van der Waals surface area (Å²) in [5.74, 6) is 0.516. The highest BCUT2D eigenvalue weighted by Gasteiger charge is 2.47. The lowest BCUT2D eigenvalue weighted by molar-refractivity contribution is -0.142. The third kappa shape index (κ3) is 2.45. The van der Waals surface area contributed by atoms with Crippen molar-refractivity contribution in [2.45, 2.75) is 39.0 Å². The Labute approximate surface area is 102 Å². The van der Waals surface area contributed by atoms with Crippen LogP contribution in [0.3, 0.4) is 0 Å². The SMILES string of the molecule is COC(=O)CC1CCCC1C1(C)COC(=O)C1. The number of esters is 2. The molecule has 4 nitrogen and oxygen atoms in total. The highest BCUT2D eigenvalue weighted by molar-refractivity contribution is 5.72. The fraction of sp³-hybridized carbons (Fsp3) is 0.846. The van der Waals surface area contributed by atoms with Crippen LogP contribution in [0, 0.1) is 17.3 Å². The van der Waals surface area contributed by atoms with Gasteiger partial charge in [-0.05, 0) is 24.7 Å². The Balaban J connectivity index is 2.04. The van der Waals surface area contributed by atoms with Gasteiger partial charge >= 0.3 is 11.9 Å². The number of carbonyl (C=O) groups excluding carboxylic acids is 2. The molecule has 0 aromatic rings. The molecular formula is C13H20O4. The van der Waals surface area contributed by atoms with E-state index in [1.54, 1.807) is 0 Å². The van der Waals surface area contributed by atoms with Crippen LogP contribution in [-0.4, -0.2) is 25.7 Å². The van der Waals surface area contributed by atoms with Gasteiger partial charge in [0.1, 0.15) is 0 Å². The third-order valence-electron chi connectivity index (χ3n) is 4.32. The van der Waals surface area contributed by atoms with E-state index in [0.717, 1.165) is 19.3 Å². The van der Waals surface area contributed by atoms with Crippen LogP contribution in [0.15, 0.2) is 0 Å². The van der Waals surface area contributed by atoms with Gasteiger partial charge in [-0.15, -0.1) is 0 Å². The zero-order valence-corrected chi connectivity index (χ0v) is 10.5. The summed E-state index contributed by atoms with van der Waals surface area (Å²) in [6.07, 6.45) is 4.26. The van der Waals surface area contributed by atoms with Crippen LogP contribution < -0.4 is 0 Å². The molecule has 17 heavy (non-hydrogen) atoms. The molecule has 1 saturated carbocycles. The van der Waals surface area contributed by atoms with Crippen LogP contribution in [0.2, 0.25) is 0 Å². The number of methoxy groups -OCH3 is 1. The maximum atomic E-state index is 11.4. The lowest BCUT2D eigenvalue weighted by Gasteiger charge is -2.32. The Hall–Kier alpha value is -1.06. The van der Waals surface area contributed by atoms with Crippen molar-refractivity contribution in [2.24, 2.45) is 17.3 Å². The lowest BCUT2D eigenvalue weighted by atomic mass is 9.70. The van der Waals surface area contributed by atoms with Crippen LogP contribution in [0.4, 0.5) is 0 Å². The van der Waals surface area contributed by atoms with Crippen molar-refractivity contribution in [3.05, 3.63) is 0 Å². The Kier molecular flexibility index (Phi) is 3.40. The van der Waals surface area contributed by atoms with E-state index in [4.69, 9.17) is 9.47 Å². The molecule has 0 bridgehead atoms.